The van der Waals surface area contributed by atoms with Crippen LogP contribution in [0.2, 0.25) is 10.0 Å². The molecule has 96 valence electrons. The van der Waals surface area contributed by atoms with E-state index in [4.69, 9.17) is 28.9 Å². The Morgan fingerprint density at radius 1 is 1.33 bits per heavy atom. The third-order valence-electron chi connectivity index (χ3n) is 3.78. The summed E-state index contributed by atoms with van der Waals surface area (Å²) in [5, 5.41) is 1.16. The minimum Gasteiger partial charge on any atom is -0.370 e. The molecule has 1 saturated carbocycles. The standard InChI is InChI=1S/C13H15Cl2N3/c1-13(8-2-5-10(14)11(15)6-8)7-17-12(16)18(13)9-3-4-9/h2,5-6,9H,3-4,7H2,1H3,(H2,16,17). The van der Waals surface area contributed by atoms with Crippen LogP contribution in [0.4, 0.5) is 0 Å². The number of hydrogen-bond donors (Lipinski definition) is 1. The average molecular weight is 284 g/mol. The highest BCUT2D eigenvalue weighted by molar-refractivity contribution is 6.42. The molecule has 3 nitrogen and oxygen atoms in total. The molecule has 0 bridgehead atoms. The zero-order valence-corrected chi connectivity index (χ0v) is 11.7. The van der Waals surface area contributed by atoms with Gasteiger partial charge in [0.25, 0.3) is 0 Å². The van der Waals surface area contributed by atoms with Crippen molar-refractivity contribution < 1.29 is 0 Å². The first-order chi connectivity index (χ1) is 8.52. The summed E-state index contributed by atoms with van der Waals surface area (Å²) in [5.74, 6) is 0.645. The molecule has 0 radical (unpaired) electrons. The van der Waals surface area contributed by atoms with E-state index in [0.29, 0.717) is 28.6 Å². The Labute approximate surface area is 117 Å². The summed E-state index contributed by atoms with van der Waals surface area (Å²) in [6.45, 7) is 2.83. The normalized spacial score (nSPS) is 27.5. The lowest BCUT2D eigenvalue weighted by Gasteiger charge is -2.37. The summed E-state index contributed by atoms with van der Waals surface area (Å²) in [5.41, 5.74) is 6.94. The second-order valence-corrected chi connectivity index (χ2v) is 5.99. The van der Waals surface area contributed by atoms with Crippen LogP contribution >= 0.6 is 23.2 Å². The van der Waals surface area contributed by atoms with E-state index in [9.17, 15) is 0 Å². The summed E-state index contributed by atoms with van der Waals surface area (Å²) in [4.78, 5) is 6.63. The number of benzene rings is 1. The Hall–Kier alpha value is -0.930. The number of aliphatic imine (C=N–C) groups is 1. The molecule has 5 heteroatoms. The summed E-state index contributed by atoms with van der Waals surface area (Å²) < 4.78 is 0. The molecule has 1 aliphatic carbocycles. The van der Waals surface area contributed by atoms with Crippen molar-refractivity contribution in [2.75, 3.05) is 6.54 Å². The zero-order valence-electron chi connectivity index (χ0n) is 10.2. The summed E-state index contributed by atoms with van der Waals surface area (Å²) in [6.07, 6.45) is 2.38. The monoisotopic (exact) mass is 283 g/mol. The van der Waals surface area contributed by atoms with E-state index in [0.717, 1.165) is 5.56 Å². The SMILES string of the molecule is CC1(c2ccc(Cl)c(Cl)c2)CN=C(N)N1C1CC1. The van der Waals surface area contributed by atoms with Crippen molar-refractivity contribution in [3.8, 4) is 0 Å². The van der Waals surface area contributed by atoms with Crippen molar-refractivity contribution in [2.24, 2.45) is 10.7 Å². The molecule has 1 unspecified atom stereocenters. The van der Waals surface area contributed by atoms with Crippen LogP contribution in [-0.2, 0) is 5.54 Å². The Bertz CT molecular complexity index is 525. The lowest BCUT2D eigenvalue weighted by atomic mass is 9.91. The van der Waals surface area contributed by atoms with E-state index in [2.05, 4.69) is 16.8 Å². The van der Waals surface area contributed by atoms with Crippen LogP contribution in [0.1, 0.15) is 25.3 Å². The van der Waals surface area contributed by atoms with Crippen LogP contribution in [-0.4, -0.2) is 23.4 Å². The molecular formula is C13H15Cl2N3. The number of hydrogen-bond acceptors (Lipinski definition) is 3. The fraction of sp³-hybridized carbons (Fsp3) is 0.462. The quantitative estimate of drug-likeness (QED) is 0.907. The highest BCUT2D eigenvalue weighted by Crippen LogP contribution is 2.42. The van der Waals surface area contributed by atoms with E-state index in [1.807, 2.05) is 18.2 Å². The van der Waals surface area contributed by atoms with Gasteiger partial charge < -0.3 is 10.6 Å². The number of rotatable bonds is 2. The third-order valence-corrected chi connectivity index (χ3v) is 4.52. The molecule has 1 aliphatic heterocycles. The van der Waals surface area contributed by atoms with E-state index >= 15 is 0 Å². The highest BCUT2D eigenvalue weighted by Gasteiger charge is 2.46. The van der Waals surface area contributed by atoms with Crippen LogP contribution in [0, 0.1) is 0 Å². The summed E-state index contributed by atoms with van der Waals surface area (Å²) >= 11 is 12.1. The fourth-order valence-electron chi connectivity index (χ4n) is 2.62. The number of halogens is 2. The van der Waals surface area contributed by atoms with Crippen LogP contribution in [0.3, 0.4) is 0 Å². The molecule has 2 N–H and O–H groups in total. The first-order valence-corrected chi connectivity index (χ1v) is 6.83. The van der Waals surface area contributed by atoms with Gasteiger partial charge in [-0.15, -0.1) is 0 Å². The molecule has 0 aromatic heterocycles. The molecule has 18 heavy (non-hydrogen) atoms. The lowest BCUT2D eigenvalue weighted by molar-refractivity contribution is 0.216. The van der Waals surface area contributed by atoms with Crippen LogP contribution < -0.4 is 5.73 Å². The van der Waals surface area contributed by atoms with E-state index in [-0.39, 0.29) is 5.54 Å². The number of nitrogens with zero attached hydrogens (tertiary/aromatic N) is 2. The topological polar surface area (TPSA) is 41.6 Å². The molecule has 1 heterocycles. The molecule has 0 spiro atoms. The van der Waals surface area contributed by atoms with Crippen molar-refractivity contribution in [3.05, 3.63) is 33.8 Å². The van der Waals surface area contributed by atoms with Gasteiger partial charge >= 0.3 is 0 Å². The maximum atomic E-state index is 6.11. The first-order valence-electron chi connectivity index (χ1n) is 6.07. The van der Waals surface area contributed by atoms with Crippen molar-refractivity contribution >= 4 is 29.2 Å². The highest BCUT2D eigenvalue weighted by atomic mass is 35.5. The molecular weight excluding hydrogens is 269 g/mol. The van der Waals surface area contributed by atoms with Crippen LogP contribution in [0.15, 0.2) is 23.2 Å². The predicted octanol–water partition coefficient (Wildman–Crippen LogP) is 3.00. The van der Waals surface area contributed by atoms with Gasteiger partial charge in [0, 0.05) is 6.04 Å². The Kier molecular flexibility index (Phi) is 2.72. The van der Waals surface area contributed by atoms with Crippen LogP contribution in [0.25, 0.3) is 0 Å². The maximum absolute atomic E-state index is 6.11. The minimum absolute atomic E-state index is 0.195. The fourth-order valence-corrected chi connectivity index (χ4v) is 2.92. The van der Waals surface area contributed by atoms with Gasteiger partial charge in [0.05, 0.1) is 22.1 Å². The molecule has 2 aliphatic rings. The minimum atomic E-state index is -0.195. The predicted molar refractivity (Wildman–Crippen MR) is 75.2 cm³/mol. The van der Waals surface area contributed by atoms with Crippen molar-refractivity contribution in [2.45, 2.75) is 31.3 Å². The van der Waals surface area contributed by atoms with E-state index < -0.39 is 0 Å². The van der Waals surface area contributed by atoms with Gasteiger partial charge in [0.2, 0.25) is 0 Å². The van der Waals surface area contributed by atoms with Gasteiger partial charge in [-0.05, 0) is 37.5 Å². The summed E-state index contributed by atoms with van der Waals surface area (Å²) in [7, 11) is 0. The van der Waals surface area contributed by atoms with Gasteiger partial charge in [-0.25, -0.2) is 0 Å². The summed E-state index contributed by atoms with van der Waals surface area (Å²) in [6, 6.07) is 6.30. The maximum Gasteiger partial charge on any atom is 0.192 e. The number of nitrogens with two attached hydrogens (primary N) is 1. The lowest BCUT2D eigenvalue weighted by Crippen LogP contribution is -2.48. The molecule has 3 rings (SSSR count). The number of guanidine groups is 1. The van der Waals surface area contributed by atoms with Gasteiger partial charge in [-0.2, -0.15) is 0 Å². The molecule has 0 saturated heterocycles. The largest absolute Gasteiger partial charge is 0.370 e. The zero-order chi connectivity index (χ0) is 12.9. The Morgan fingerprint density at radius 3 is 2.67 bits per heavy atom. The Balaban J connectivity index is 2.01. The molecule has 1 fully saturated rings. The van der Waals surface area contributed by atoms with Gasteiger partial charge in [-0.1, -0.05) is 29.3 Å². The molecule has 0 amide bonds. The third kappa shape index (κ3) is 1.77. The smallest absolute Gasteiger partial charge is 0.192 e. The molecule has 1 aromatic carbocycles. The van der Waals surface area contributed by atoms with Gasteiger partial charge in [0.15, 0.2) is 5.96 Å². The molecule has 1 aromatic rings. The first kappa shape index (κ1) is 12.1. The van der Waals surface area contributed by atoms with Crippen molar-refractivity contribution in [1.29, 1.82) is 0 Å². The second kappa shape index (κ2) is 4.04. The van der Waals surface area contributed by atoms with Gasteiger partial charge in [-0.3, -0.25) is 4.99 Å². The van der Waals surface area contributed by atoms with Crippen molar-refractivity contribution in [1.82, 2.24) is 4.90 Å². The van der Waals surface area contributed by atoms with Crippen LogP contribution in [0.5, 0.6) is 0 Å². The van der Waals surface area contributed by atoms with Gasteiger partial charge in [0.1, 0.15) is 0 Å². The van der Waals surface area contributed by atoms with E-state index in [1.165, 1.54) is 12.8 Å². The second-order valence-electron chi connectivity index (χ2n) is 5.18. The van der Waals surface area contributed by atoms with E-state index in [1.54, 1.807) is 0 Å². The van der Waals surface area contributed by atoms with Crippen molar-refractivity contribution in [3.63, 3.8) is 0 Å². The molecule has 1 atom stereocenters. The Morgan fingerprint density at radius 2 is 2.06 bits per heavy atom. The average Bonchev–Trinajstić information content (AvgIpc) is 3.10.